The molecular weight excluding hydrogens is 280 g/mol. The minimum Gasteiger partial charge on any atom is -0.323 e. The summed E-state index contributed by atoms with van der Waals surface area (Å²) in [6, 6.07) is 11.9. The van der Waals surface area contributed by atoms with Crippen molar-refractivity contribution in [1.82, 2.24) is 0 Å². The lowest BCUT2D eigenvalue weighted by molar-refractivity contribution is -0.385. The van der Waals surface area contributed by atoms with E-state index in [0.717, 1.165) is 11.1 Å². The Hall–Kier alpha value is -2.95. The first-order valence-corrected chi connectivity index (χ1v) is 6.77. The highest BCUT2D eigenvalue weighted by Crippen LogP contribution is 2.19. The van der Waals surface area contributed by atoms with Crippen molar-refractivity contribution in [3.8, 4) is 0 Å². The number of nitro groups is 1. The summed E-state index contributed by atoms with van der Waals surface area (Å²) < 4.78 is 0. The van der Waals surface area contributed by atoms with E-state index >= 15 is 0 Å². The van der Waals surface area contributed by atoms with Crippen molar-refractivity contribution in [1.29, 1.82) is 0 Å². The number of hydrogen-bond donors (Lipinski definition) is 1. The lowest BCUT2D eigenvalue weighted by Gasteiger charge is -2.05. The molecule has 1 N–H and O–H groups in total. The summed E-state index contributed by atoms with van der Waals surface area (Å²) in [6.45, 7) is 3.96. The third kappa shape index (κ3) is 3.79. The molecule has 0 unspecified atom stereocenters. The van der Waals surface area contributed by atoms with Crippen LogP contribution in [0.4, 0.5) is 11.4 Å². The fourth-order valence-electron chi connectivity index (χ4n) is 1.96. The summed E-state index contributed by atoms with van der Waals surface area (Å²) in [4.78, 5) is 22.3. The van der Waals surface area contributed by atoms with Crippen LogP contribution in [0.15, 0.2) is 48.5 Å². The average molecular weight is 296 g/mol. The van der Waals surface area contributed by atoms with Gasteiger partial charge in [-0.25, -0.2) is 0 Å². The maximum absolute atomic E-state index is 11.9. The normalized spacial score (nSPS) is 10.6. The standard InChI is InChI=1S/C17H16N2O3/c1-12-7-9-15(11-13(12)2)18-17(20)10-8-14-5-3-4-6-16(14)19(21)22/h3-11H,1-2H3,(H,18,20)/b10-8+. The third-order valence-electron chi connectivity index (χ3n) is 3.32. The molecule has 0 heterocycles. The maximum atomic E-state index is 11.9. The van der Waals surface area contributed by atoms with Gasteiger partial charge in [-0.05, 0) is 49.2 Å². The largest absolute Gasteiger partial charge is 0.323 e. The molecular formula is C17H16N2O3. The number of carbonyl (C=O) groups is 1. The van der Waals surface area contributed by atoms with Gasteiger partial charge in [-0.3, -0.25) is 14.9 Å². The summed E-state index contributed by atoms with van der Waals surface area (Å²) in [5, 5.41) is 13.6. The van der Waals surface area contributed by atoms with Gasteiger partial charge in [0, 0.05) is 17.8 Å². The molecule has 2 aromatic rings. The third-order valence-corrected chi connectivity index (χ3v) is 3.32. The van der Waals surface area contributed by atoms with Gasteiger partial charge >= 0.3 is 0 Å². The van der Waals surface area contributed by atoms with Gasteiger partial charge in [0.2, 0.25) is 5.91 Å². The molecule has 0 aliphatic carbocycles. The number of benzene rings is 2. The van der Waals surface area contributed by atoms with Gasteiger partial charge < -0.3 is 5.32 Å². The van der Waals surface area contributed by atoms with E-state index in [2.05, 4.69) is 5.32 Å². The molecule has 0 radical (unpaired) electrons. The highest BCUT2D eigenvalue weighted by atomic mass is 16.6. The minimum absolute atomic E-state index is 0.0299. The van der Waals surface area contributed by atoms with Gasteiger partial charge in [-0.2, -0.15) is 0 Å². The molecule has 0 bridgehead atoms. The van der Waals surface area contributed by atoms with E-state index in [4.69, 9.17) is 0 Å². The number of nitro benzene ring substituents is 1. The van der Waals surface area contributed by atoms with Gasteiger partial charge in [0.1, 0.15) is 0 Å². The molecule has 0 aliphatic heterocycles. The van der Waals surface area contributed by atoms with Crippen molar-refractivity contribution in [3.63, 3.8) is 0 Å². The molecule has 0 spiro atoms. The summed E-state index contributed by atoms with van der Waals surface area (Å²) in [7, 11) is 0. The highest BCUT2D eigenvalue weighted by Gasteiger charge is 2.09. The van der Waals surface area contributed by atoms with Crippen molar-refractivity contribution in [2.45, 2.75) is 13.8 Å². The van der Waals surface area contributed by atoms with E-state index in [1.807, 2.05) is 32.0 Å². The fraction of sp³-hybridized carbons (Fsp3) is 0.118. The number of nitrogens with zero attached hydrogens (tertiary/aromatic N) is 1. The van der Waals surface area contributed by atoms with Crippen LogP contribution in [0, 0.1) is 24.0 Å². The molecule has 0 saturated heterocycles. The number of nitrogens with one attached hydrogen (secondary N) is 1. The molecule has 2 rings (SSSR count). The Morgan fingerprint density at radius 3 is 2.55 bits per heavy atom. The summed E-state index contributed by atoms with van der Waals surface area (Å²) in [5.41, 5.74) is 3.29. The van der Waals surface area contributed by atoms with Gasteiger partial charge in [0.15, 0.2) is 0 Å². The molecule has 0 aliphatic rings. The first-order chi connectivity index (χ1) is 10.5. The van der Waals surface area contributed by atoms with Crippen LogP contribution in [0.5, 0.6) is 0 Å². The molecule has 22 heavy (non-hydrogen) atoms. The summed E-state index contributed by atoms with van der Waals surface area (Å²) in [6.07, 6.45) is 2.73. The smallest absolute Gasteiger partial charge is 0.276 e. The van der Waals surface area contributed by atoms with Crippen LogP contribution in [-0.4, -0.2) is 10.8 Å². The molecule has 0 saturated carbocycles. The number of aryl methyl sites for hydroxylation is 2. The zero-order valence-electron chi connectivity index (χ0n) is 12.4. The molecule has 0 aromatic heterocycles. The number of carbonyl (C=O) groups excluding carboxylic acids is 1. The average Bonchev–Trinajstić information content (AvgIpc) is 2.49. The topological polar surface area (TPSA) is 72.2 Å². The van der Waals surface area contributed by atoms with Crippen LogP contribution in [-0.2, 0) is 4.79 Å². The molecule has 112 valence electrons. The Kier molecular flexibility index (Phi) is 4.68. The van der Waals surface area contributed by atoms with Crippen LogP contribution in [0.3, 0.4) is 0 Å². The van der Waals surface area contributed by atoms with Crippen LogP contribution >= 0.6 is 0 Å². The van der Waals surface area contributed by atoms with Gasteiger partial charge in [0.25, 0.3) is 5.69 Å². The number of para-hydroxylation sites is 1. The Bertz CT molecular complexity index is 751. The molecule has 2 aromatic carbocycles. The number of hydrogen-bond acceptors (Lipinski definition) is 3. The predicted molar refractivity (Wildman–Crippen MR) is 86.7 cm³/mol. The predicted octanol–water partition coefficient (Wildman–Crippen LogP) is 3.86. The first kappa shape index (κ1) is 15.4. The van der Waals surface area contributed by atoms with Crippen LogP contribution in [0.2, 0.25) is 0 Å². The van der Waals surface area contributed by atoms with E-state index in [-0.39, 0.29) is 11.6 Å². The van der Waals surface area contributed by atoms with E-state index < -0.39 is 4.92 Å². The van der Waals surface area contributed by atoms with Crippen molar-refractivity contribution in [3.05, 3.63) is 75.3 Å². The molecule has 1 amide bonds. The molecule has 0 atom stereocenters. The number of anilines is 1. The lowest BCUT2D eigenvalue weighted by Crippen LogP contribution is -2.08. The van der Waals surface area contributed by atoms with Crippen molar-refractivity contribution in [2.75, 3.05) is 5.32 Å². The van der Waals surface area contributed by atoms with E-state index in [9.17, 15) is 14.9 Å². The second-order valence-electron chi connectivity index (χ2n) is 4.94. The van der Waals surface area contributed by atoms with Crippen molar-refractivity contribution in [2.24, 2.45) is 0 Å². The van der Waals surface area contributed by atoms with E-state index in [0.29, 0.717) is 11.3 Å². The highest BCUT2D eigenvalue weighted by molar-refractivity contribution is 6.02. The Balaban J connectivity index is 2.12. The summed E-state index contributed by atoms with van der Waals surface area (Å²) in [5.74, 6) is -0.332. The first-order valence-electron chi connectivity index (χ1n) is 6.77. The Morgan fingerprint density at radius 2 is 1.86 bits per heavy atom. The molecule has 5 nitrogen and oxygen atoms in total. The second kappa shape index (κ2) is 6.67. The van der Waals surface area contributed by atoms with Gasteiger partial charge in [0.05, 0.1) is 10.5 Å². The number of rotatable bonds is 4. The Labute approximate surface area is 128 Å². The second-order valence-corrected chi connectivity index (χ2v) is 4.94. The zero-order valence-corrected chi connectivity index (χ0v) is 12.4. The summed E-state index contributed by atoms with van der Waals surface area (Å²) >= 11 is 0. The number of amides is 1. The van der Waals surface area contributed by atoms with Gasteiger partial charge in [-0.15, -0.1) is 0 Å². The zero-order chi connectivity index (χ0) is 16.1. The fourth-order valence-corrected chi connectivity index (χ4v) is 1.96. The SMILES string of the molecule is Cc1ccc(NC(=O)/C=C/c2ccccc2[N+](=O)[O-])cc1C. The van der Waals surface area contributed by atoms with Crippen LogP contribution < -0.4 is 5.32 Å². The minimum atomic E-state index is -0.471. The molecule has 5 heteroatoms. The van der Waals surface area contributed by atoms with Crippen LogP contribution in [0.25, 0.3) is 6.08 Å². The molecule has 0 fully saturated rings. The van der Waals surface area contributed by atoms with Gasteiger partial charge in [-0.1, -0.05) is 18.2 Å². The monoisotopic (exact) mass is 296 g/mol. The quantitative estimate of drug-likeness (QED) is 0.529. The van der Waals surface area contributed by atoms with E-state index in [1.54, 1.807) is 18.2 Å². The van der Waals surface area contributed by atoms with E-state index in [1.165, 1.54) is 18.2 Å². The lowest BCUT2D eigenvalue weighted by atomic mass is 10.1. The maximum Gasteiger partial charge on any atom is 0.276 e. The van der Waals surface area contributed by atoms with Crippen LogP contribution in [0.1, 0.15) is 16.7 Å². The van der Waals surface area contributed by atoms with Crippen molar-refractivity contribution >= 4 is 23.4 Å². The Morgan fingerprint density at radius 1 is 1.14 bits per heavy atom. The van der Waals surface area contributed by atoms with Crippen molar-refractivity contribution < 1.29 is 9.72 Å².